The van der Waals surface area contributed by atoms with E-state index in [0.717, 1.165) is 31.4 Å². The Morgan fingerprint density at radius 3 is 1.59 bits per heavy atom. The summed E-state index contributed by atoms with van der Waals surface area (Å²) in [5.74, 6) is 0. The quantitative estimate of drug-likeness (QED) is 0.234. The van der Waals surface area contributed by atoms with E-state index >= 15 is 0 Å². The van der Waals surface area contributed by atoms with Crippen LogP contribution in [0.15, 0.2) is 110 Å². The van der Waals surface area contributed by atoms with E-state index in [4.69, 9.17) is 9.97 Å². The predicted molar refractivity (Wildman–Crippen MR) is 125 cm³/mol. The number of rotatable bonds is 4. The standard InChI is InChI=1S/C25H18IN3/c26-22-16-17-27-24-23(22)28-18-29(24)25(19-10-4-1-5-11-19,20-12-6-2-7-13-20)21-14-8-3-9-15-21/h1-18H. The lowest BCUT2D eigenvalue weighted by molar-refractivity contribution is 0.526. The molecule has 0 aliphatic rings. The summed E-state index contributed by atoms with van der Waals surface area (Å²) in [4.78, 5) is 9.49. The zero-order valence-electron chi connectivity index (χ0n) is 15.6. The summed E-state index contributed by atoms with van der Waals surface area (Å²) < 4.78 is 3.30. The van der Waals surface area contributed by atoms with Crippen LogP contribution >= 0.6 is 22.6 Å². The fourth-order valence-electron chi connectivity index (χ4n) is 4.09. The second kappa shape index (κ2) is 7.44. The topological polar surface area (TPSA) is 30.7 Å². The highest BCUT2D eigenvalue weighted by molar-refractivity contribution is 14.1. The molecule has 5 aromatic rings. The number of nitrogens with zero attached hydrogens (tertiary/aromatic N) is 3. The van der Waals surface area contributed by atoms with Crippen molar-refractivity contribution < 1.29 is 0 Å². The van der Waals surface area contributed by atoms with Gasteiger partial charge in [-0.05, 0) is 45.3 Å². The SMILES string of the molecule is Ic1ccnc2c1ncn2C(c1ccccc1)(c1ccccc1)c1ccccc1. The molecular weight excluding hydrogens is 469 g/mol. The van der Waals surface area contributed by atoms with E-state index in [1.807, 2.05) is 18.6 Å². The van der Waals surface area contributed by atoms with Crippen LogP contribution in [0.3, 0.4) is 0 Å². The van der Waals surface area contributed by atoms with Gasteiger partial charge in [0.2, 0.25) is 0 Å². The molecule has 0 bridgehead atoms. The fourth-order valence-corrected chi connectivity index (χ4v) is 4.63. The summed E-state index contributed by atoms with van der Waals surface area (Å²) in [6, 6.07) is 33.8. The molecule has 0 unspecified atom stereocenters. The number of aromatic nitrogens is 3. The molecule has 5 rings (SSSR count). The van der Waals surface area contributed by atoms with E-state index < -0.39 is 5.54 Å². The van der Waals surface area contributed by atoms with Gasteiger partial charge in [0.25, 0.3) is 0 Å². The fraction of sp³-hybridized carbons (Fsp3) is 0.0400. The first-order valence-electron chi connectivity index (χ1n) is 9.46. The van der Waals surface area contributed by atoms with E-state index in [1.165, 1.54) is 0 Å². The van der Waals surface area contributed by atoms with Gasteiger partial charge in [0.1, 0.15) is 11.1 Å². The van der Waals surface area contributed by atoms with E-state index in [2.05, 4.69) is 118 Å². The largest absolute Gasteiger partial charge is 0.296 e. The van der Waals surface area contributed by atoms with Crippen molar-refractivity contribution in [2.75, 3.05) is 0 Å². The zero-order chi connectivity index (χ0) is 19.7. The molecule has 3 nitrogen and oxygen atoms in total. The van der Waals surface area contributed by atoms with E-state index in [9.17, 15) is 0 Å². The Bertz CT molecular complexity index is 1150. The first-order valence-corrected chi connectivity index (χ1v) is 10.5. The first kappa shape index (κ1) is 18.1. The molecular formula is C25H18IN3. The second-order valence-corrected chi connectivity index (χ2v) is 8.05. The van der Waals surface area contributed by atoms with Crippen LogP contribution in [0, 0.1) is 3.57 Å². The maximum atomic E-state index is 4.75. The van der Waals surface area contributed by atoms with Crippen LogP contribution in [0.5, 0.6) is 0 Å². The average molecular weight is 487 g/mol. The van der Waals surface area contributed by atoms with Crippen LogP contribution in [0.2, 0.25) is 0 Å². The van der Waals surface area contributed by atoms with Gasteiger partial charge in [-0.1, -0.05) is 91.0 Å². The molecule has 0 amide bonds. The molecule has 0 saturated heterocycles. The van der Waals surface area contributed by atoms with E-state index in [1.54, 1.807) is 0 Å². The van der Waals surface area contributed by atoms with Crippen LogP contribution in [0.4, 0.5) is 0 Å². The smallest absolute Gasteiger partial charge is 0.162 e. The van der Waals surface area contributed by atoms with Crippen molar-refractivity contribution >= 4 is 33.8 Å². The molecule has 4 heteroatoms. The minimum atomic E-state index is -0.587. The molecule has 29 heavy (non-hydrogen) atoms. The van der Waals surface area contributed by atoms with Crippen molar-refractivity contribution in [2.24, 2.45) is 0 Å². The van der Waals surface area contributed by atoms with Crippen molar-refractivity contribution in [1.29, 1.82) is 0 Å². The van der Waals surface area contributed by atoms with Gasteiger partial charge in [0.15, 0.2) is 5.65 Å². The molecule has 0 fully saturated rings. The molecule has 2 aromatic heterocycles. The van der Waals surface area contributed by atoms with Crippen molar-refractivity contribution in [1.82, 2.24) is 14.5 Å². The number of fused-ring (bicyclic) bond motifs is 1. The number of pyridine rings is 1. The maximum absolute atomic E-state index is 4.75. The summed E-state index contributed by atoms with van der Waals surface area (Å²) >= 11 is 2.33. The molecule has 0 radical (unpaired) electrons. The Balaban J connectivity index is 1.97. The van der Waals surface area contributed by atoms with Gasteiger partial charge in [-0.15, -0.1) is 0 Å². The lowest BCUT2D eigenvalue weighted by atomic mass is 9.76. The highest BCUT2D eigenvalue weighted by Gasteiger charge is 2.39. The molecule has 0 atom stereocenters. The Labute approximate surface area is 183 Å². The van der Waals surface area contributed by atoms with Crippen molar-refractivity contribution in [2.45, 2.75) is 5.54 Å². The number of halogens is 1. The first-order chi connectivity index (χ1) is 14.3. The van der Waals surface area contributed by atoms with Gasteiger partial charge in [0.05, 0.1) is 6.33 Å². The molecule has 0 spiro atoms. The van der Waals surface area contributed by atoms with Crippen molar-refractivity contribution in [3.05, 3.63) is 130 Å². The third kappa shape index (κ3) is 2.86. The average Bonchev–Trinajstić information content (AvgIpc) is 3.23. The lowest BCUT2D eigenvalue weighted by Crippen LogP contribution is -2.37. The summed E-state index contributed by atoms with van der Waals surface area (Å²) in [5, 5.41) is 0. The molecule has 3 aromatic carbocycles. The number of hydrogen-bond donors (Lipinski definition) is 0. The van der Waals surface area contributed by atoms with Crippen LogP contribution < -0.4 is 0 Å². The Kier molecular flexibility index (Phi) is 4.64. The predicted octanol–water partition coefficient (Wildman–Crippen LogP) is 5.88. The van der Waals surface area contributed by atoms with Gasteiger partial charge >= 0.3 is 0 Å². The minimum absolute atomic E-state index is 0.587. The Morgan fingerprint density at radius 1 is 0.621 bits per heavy atom. The summed E-state index contributed by atoms with van der Waals surface area (Å²) in [6.07, 6.45) is 3.78. The molecule has 140 valence electrons. The van der Waals surface area contributed by atoms with Gasteiger partial charge in [0, 0.05) is 9.77 Å². The molecule has 0 saturated carbocycles. The number of imidazole rings is 1. The zero-order valence-corrected chi connectivity index (χ0v) is 17.8. The Hall–Kier alpha value is -2.99. The molecule has 0 aliphatic carbocycles. The monoisotopic (exact) mass is 487 g/mol. The van der Waals surface area contributed by atoms with Gasteiger partial charge in [-0.25, -0.2) is 9.97 Å². The second-order valence-electron chi connectivity index (χ2n) is 6.89. The highest BCUT2D eigenvalue weighted by Crippen LogP contribution is 2.42. The summed E-state index contributed by atoms with van der Waals surface area (Å²) in [7, 11) is 0. The molecule has 2 heterocycles. The van der Waals surface area contributed by atoms with Crippen LogP contribution in [0.25, 0.3) is 11.2 Å². The minimum Gasteiger partial charge on any atom is -0.296 e. The summed E-state index contributed by atoms with van der Waals surface area (Å²) in [6.45, 7) is 0. The van der Waals surface area contributed by atoms with Crippen LogP contribution in [-0.4, -0.2) is 14.5 Å². The van der Waals surface area contributed by atoms with Crippen molar-refractivity contribution in [3.8, 4) is 0 Å². The van der Waals surface area contributed by atoms with Gasteiger partial charge in [-0.2, -0.15) is 0 Å². The molecule has 0 N–H and O–H groups in total. The van der Waals surface area contributed by atoms with Gasteiger partial charge < -0.3 is 0 Å². The number of hydrogen-bond acceptors (Lipinski definition) is 2. The normalized spacial score (nSPS) is 11.6. The lowest BCUT2D eigenvalue weighted by Gasteiger charge is -2.37. The van der Waals surface area contributed by atoms with Crippen LogP contribution in [0.1, 0.15) is 16.7 Å². The highest BCUT2D eigenvalue weighted by atomic mass is 127. The van der Waals surface area contributed by atoms with Crippen molar-refractivity contribution in [3.63, 3.8) is 0 Å². The third-order valence-corrected chi connectivity index (χ3v) is 6.19. The Morgan fingerprint density at radius 2 is 1.10 bits per heavy atom. The summed E-state index contributed by atoms with van der Waals surface area (Å²) in [5.41, 5.74) is 4.69. The number of benzene rings is 3. The van der Waals surface area contributed by atoms with Gasteiger partial charge in [-0.3, -0.25) is 4.57 Å². The van der Waals surface area contributed by atoms with E-state index in [-0.39, 0.29) is 0 Å². The van der Waals surface area contributed by atoms with E-state index in [0.29, 0.717) is 0 Å². The van der Waals surface area contributed by atoms with Crippen LogP contribution in [-0.2, 0) is 5.54 Å². The third-order valence-electron chi connectivity index (χ3n) is 5.32. The molecule has 0 aliphatic heterocycles. The maximum Gasteiger partial charge on any atom is 0.162 e.